The molecule has 0 aliphatic heterocycles. The molecule has 0 radical (unpaired) electrons. The SMILES string of the molecule is CCCCCC(C[Si](C)(C)C)C(=O)C(C)(C)C. The van der Waals surface area contributed by atoms with Gasteiger partial charge >= 0.3 is 0 Å². The summed E-state index contributed by atoms with van der Waals surface area (Å²) < 4.78 is 0. The van der Waals surface area contributed by atoms with E-state index in [1.807, 2.05) is 0 Å². The van der Waals surface area contributed by atoms with Crippen molar-refractivity contribution in [2.24, 2.45) is 11.3 Å². The van der Waals surface area contributed by atoms with Gasteiger partial charge in [0.15, 0.2) is 0 Å². The van der Waals surface area contributed by atoms with E-state index in [-0.39, 0.29) is 5.41 Å². The van der Waals surface area contributed by atoms with E-state index in [1.165, 1.54) is 19.3 Å². The first-order valence-electron chi connectivity index (χ1n) is 7.12. The number of rotatable bonds is 7. The summed E-state index contributed by atoms with van der Waals surface area (Å²) in [7, 11) is -1.14. The second kappa shape index (κ2) is 6.72. The second-order valence-electron chi connectivity index (χ2n) is 7.57. The quantitative estimate of drug-likeness (QED) is 0.455. The largest absolute Gasteiger partial charge is 0.299 e. The van der Waals surface area contributed by atoms with Gasteiger partial charge in [-0.3, -0.25) is 4.79 Å². The van der Waals surface area contributed by atoms with Gasteiger partial charge in [0.1, 0.15) is 5.78 Å². The molecule has 0 spiro atoms. The van der Waals surface area contributed by atoms with E-state index in [4.69, 9.17) is 0 Å². The van der Waals surface area contributed by atoms with E-state index in [0.29, 0.717) is 11.7 Å². The highest BCUT2D eigenvalue weighted by atomic mass is 28.3. The molecule has 102 valence electrons. The summed E-state index contributed by atoms with van der Waals surface area (Å²) in [6, 6.07) is 1.16. The van der Waals surface area contributed by atoms with Crippen LogP contribution in [-0.2, 0) is 4.79 Å². The average molecular weight is 257 g/mol. The number of hydrogen-bond acceptors (Lipinski definition) is 1. The van der Waals surface area contributed by atoms with Gasteiger partial charge in [-0.15, -0.1) is 0 Å². The molecule has 0 N–H and O–H groups in total. The molecular weight excluding hydrogens is 224 g/mol. The van der Waals surface area contributed by atoms with Gasteiger partial charge < -0.3 is 0 Å². The molecule has 0 aliphatic rings. The van der Waals surface area contributed by atoms with Gasteiger partial charge in [0.2, 0.25) is 0 Å². The van der Waals surface area contributed by atoms with Crippen LogP contribution in [0.25, 0.3) is 0 Å². The van der Waals surface area contributed by atoms with E-state index in [0.717, 1.165) is 12.5 Å². The number of carbonyl (C=O) groups is 1. The normalized spacial score (nSPS) is 14.8. The summed E-state index contributed by atoms with van der Waals surface area (Å²) in [6.45, 7) is 15.5. The first kappa shape index (κ1) is 16.9. The highest BCUT2D eigenvalue weighted by Gasteiger charge is 2.32. The third kappa shape index (κ3) is 7.75. The van der Waals surface area contributed by atoms with Crippen LogP contribution in [0, 0.1) is 11.3 Å². The topological polar surface area (TPSA) is 17.1 Å². The number of carbonyl (C=O) groups excluding carboxylic acids is 1. The summed E-state index contributed by atoms with van der Waals surface area (Å²) >= 11 is 0. The Morgan fingerprint density at radius 1 is 1.12 bits per heavy atom. The lowest BCUT2D eigenvalue weighted by Crippen LogP contribution is -2.34. The van der Waals surface area contributed by atoms with Gasteiger partial charge in [-0.1, -0.05) is 66.6 Å². The van der Waals surface area contributed by atoms with Crippen LogP contribution >= 0.6 is 0 Å². The van der Waals surface area contributed by atoms with Gasteiger partial charge in [0.25, 0.3) is 0 Å². The number of hydrogen-bond donors (Lipinski definition) is 0. The van der Waals surface area contributed by atoms with Crippen LogP contribution in [0.5, 0.6) is 0 Å². The minimum atomic E-state index is -1.14. The molecule has 0 aromatic carbocycles. The van der Waals surface area contributed by atoms with Crippen LogP contribution in [-0.4, -0.2) is 13.9 Å². The summed E-state index contributed by atoms with van der Waals surface area (Å²) in [5.74, 6) is 0.796. The average Bonchev–Trinajstić information content (AvgIpc) is 2.12. The maximum atomic E-state index is 12.5. The summed E-state index contributed by atoms with van der Waals surface area (Å²) in [4.78, 5) is 12.5. The predicted molar refractivity (Wildman–Crippen MR) is 80.2 cm³/mol. The lowest BCUT2D eigenvalue weighted by molar-refractivity contribution is -0.130. The van der Waals surface area contributed by atoms with Crippen molar-refractivity contribution in [2.75, 3.05) is 0 Å². The molecule has 2 heteroatoms. The Labute approximate surface area is 109 Å². The van der Waals surface area contributed by atoms with E-state index in [1.54, 1.807) is 0 Å². The van der Waals surface area contributed by atoms with Crippen molar-refractivity contribution in [2.45, 2.75) is 79.1 Å². The Balaban J connectivity index is 4.56. The standard InChI is InChI=1S/C15H32OSi/c1-8-9-10-11-13(12-17(5,6)7)14(16)15(2,3)4/h13H,8-12H2,1-7H3. The molecular formula is C15H32OSi. The van der Waals surface area contributed by atoms with Crippen LogP contribution in [0.2, 0.25) is 25.7 Å². The molecule has 0 amide bonds. The molecule has 0 aliphatic carbocycles. The summed E-state index contributed by atoms with van der Waals surface area (Å²) in [5.41, 5.74) is -0.170. The zero-order valence-electron chi connectivity index (χ0n) is 13.0. The first-order chi connectivity index (χ1) is 7.58. The summed E-state index contributed by atoms with van der Waals surface area (Å²) in [6.07, 6.45) is 4.82. The summed E-state index contributed by atoms with van der Waals surface area (Å²) in [5, 5.41) is 0. The fourth-order valence-electron chi connectivity index (χ4n) is 2.32. The Kier molecular flexibility index (Phi) is 6.68. The highest BCUT2D eigenvalue weighted by Crippen LogP contribution is 2.30. The smallest absolute Gasteiger partial charge is 0.140 e. The molecule has 0 saturated heterocycles. The fraction of sp³-hybridized carbons (Fsp3) is 0.933. The Morgan fingerprint density at radius 3 is 2.00 bits per heavy atom. The van der Waals surface area contributed by atoms with Crippen molar-refractivity contribution in [3.8, 4) is 0 Å². The Bertz CT molecular complexity index is 232. The highest BCUT2D eigenvalue weighted by molar-refractivity contribution is 6.76. The van der Waals surface area contributed by atoms with E-state index in [2.05, 4.69) is 47.3 Å². The Morgan fingerprint density at radius 2 is 1.65 bits per heavy atom. The van der Waals surface area contributed by atoms with Gasteiger partial charge in [-0.2, -0.15) is 0 Å². The maximum absolute atomic E-state index is 12.5. The molecule has 0 saturated carbocycles. The first-order valence-corrected chi connectivity index (χ1v) is 10.8. The van der Waals surface area contributed by atoms with Crippen molar-refractivity contribution < 1.29 is 4.79 Å². The molecule has 0 bridgehead atoms. The van der Waals surface area contributed by atoms with Crippen molar-refractivity contribution in [1.82, 2.24) is 0 Å². The van der Waals surface area contributed by atoms with Crippen molar-refractivity contribution in [1.29, 1.82) is 0 Å². The van der Waals surface area contributed by atoms with Crippen LogP contribution in [0.1, 0.15) is 53.4 Å². The number of unbranched alkanes of at least 4 members (excludes halogenated alkanes) is 2. The second-order valence-corrected chi connectivity index (χ2v) is 13.1. The van der Waals surface area contributed by atoms with Gasteiger partial charge in [0, 0.05) is 19.4 Å². The lowest BCUT2D eigenvalue weighted by atomic mass is 9.81. The molecule has 0 rings (SSSR count). The Hall–Kier alpha value is -0.113. The molecule has 0 aromatic rings. The number of Topliss-reactive ketones (excluding diaryl/α,β-unsaturated/α-hetero) is 1. The lowest BCUT2D eigenvalue weighted by Gasteiger charge is -2.29. The monoisotopic (exact) mass is 256 g/mol. The minimum Gasteiger partial charge on any atom is -0.299 e. The number of ketones is 1. The maximum Gasteiger partial charge on any atom is 0.140 e. The van der Waals surface area contributed by atoms with Gasteiger partial charge in [-0.25, -0.2) is 0 Å². The molecule has 0 heterocycles. The van der Waals surface area contributed by atoms with Crippen LogP contribution in [0.4, 0.5) is 0 Å². The van der Waals surface area contributed by atoms with Crippen LogP contribution < -0.4 is 0 Å². The fourth-order valence-corrected chi connectivity index (χ4v) is 4.19. The van der Waals surface area contributed by atoms with Gasteiger partial charge in [0.05, 0.1) is 0 Å². The van der Waals surface area contributed by atoms with Crippen molar-refractivity contribution in [3.05, 3.63) is 0 Å². The zero-order chi connectivity index (χ0) is 13.7. The van der Waals surface area contributed by atoms with Crippen LogP contribution in [0.15, 0.2) is 0 Å². The molecule has 17 heavy (non-hydrogen) atoms. The van der Waals surface area contributed by atoms with E-state index < -0.39 is 8.07 Å². The molecule has 0 aromatic heterocycles. The third-order valence-electron chi connectivity index (χ3n) is 3.12. The molecule has 1 unspecified atom stereocenters. The molecule has 0 fully saturated rings. The van der Waals surface area contributed by atoms with Crippen LogP contribution in [0.3, 0.4) is 0 Å². The van der Waals surface area contributed by atoms with E-state index in [9.17, 15) is 4.79 Å². The molecule has 1 atom stereocenters. The molecule has 1 nitrogen and oxygen atoms in total. The predicted octanol–water partition coefficient (Wildman–Crippen LogP) is 5.14. The minimum absolute atomic E-state index is 0.170. The zero-order valence-corrected chi connectivity index (χ0v) is 14.0. The third-order valence-corrected chi connectivity index (χ3v) is 4.84. The van der Waals surface area contributed by atoms with Gasteiger partial charge in [-0.05, 0) is 12.5 Å². The van der Waals surface area contributed by atoms with Crippen molar-refractivity contribution >= 4 is 13.9 Å². The van der Waals surface area contributed by atoms with Crippen molar-refractivity contribution in [3.63, 3.8) is 0 Å². The van der Waals surface area contributed by atoms with E-state index >= 15 is 0 Å².